The number of nitrogens with two attached hydrogens (primary N) is 1. The maximum Gasteiger partial charge on any atom is 0.234 e. The van der Waals surface area contributed by atoms with Gasteiger partial charge in [-0.2, -0.15) is 11.8 Å². The van der Waals surface area contributed by atoms with Gasteiger partial charge >= 0.3 is 0 Å². The third-order valence-corrected chi connectivity index (χ3v) is 1.71. The Morgan fingerprint density at radius 1 is 1.83 bits per heavy atom. The van der Waals surface area contributed by atoms with E-state index < -0.39 is 0 Å². The number of amides is 1. The van der Waals surface area contributed by atoms with Gasteiger partial charge in [0.2, 0.25) is 5.91 Å². The number of carbonyl (C=O) groups is 1. The molecule has 6 heteroatoms. The molecule has 4 nitrogen and oxygen atoms in total. The van der Waals surface area contributed by atoms with E-state index in [0.717, 1.165) is 6.20 Å². The summed E-state index contributed by atoms with van der Waals surface area (Å²) in [5.74, 6) is 0.103. The third-order valence-electron chi connectivity index (χ3n) is 0.953. The lowest BCUT2D eigenvalue weighted by Gasteiger charge is -2.04. The standard InChI is InChI=1S/C6H10ClN3OS/c1-12-3-5(11)10-4(2-8)6(7)9/h2,9H,3,8H2,1H3,(H,10,11)/b4-2+,9-6?. The summed E-state index contributed by atoms with van der Waals surface area (Å²) in [6.07, 6.45) is 2.89. The van der Waals surface area contributed by atoms with Crippen LogP contribution in [-0.4, -0.2) is 23.1 Å². The zero-order valence-electron chi connectivity index (χ0n) is 6.56. The van der Waals surface area contributed by atoms with E-state index in [-0.39, 0.29) is 16.8 Å². The quantitative estimate of drug-likeness (QED) is 0.587. The van der Waals surface area contributed by atoms with E-state index in [2.05, 4.69) is 5.32 Å². The Labute approximate surface area is 80.0 Å². The maximum absolute atomic E-state index is 10.9. The predicted octanol–water partition coefficient (Wildman–Crippen LogP) is 0.482. The number of hydrogen-bond acceptors (Lipinski definition) is 4. The second kappa shape index (κ2) is 5.91. The Hall–Kier alpha value is -0.680. The van der Waals surface area contributed by atoms with Gasteiger partial charge in [-0.15, -0.1) is 0 Å². The van der Waals surface area contributed by atoms with Crippen molar-refractivity contribution in [1.29, 1.82) is 5.41 Å². The van der Waals surface area contributed by atoms with Gasteiger partial charge in [-0.3, -0.25) is 10.2 Å². The molecule has 4 N–H and O–H groups in total. The fourth-order valence-corrected chi connectivity index (χ4v) is 0.932. The first-order valence-corrected chi connectivity index (χ1v) is 4.84. The lowest BCUT2D eigenvalue weighted by Crippen LogP contribution is -2.27. The van der Waals surface area contributed by atoms with Crippen molar-refractivity contribution in [2.45, 2.75) is 0 Å². The fraction of sp³-hybridized carbons (Fsp3) is 0.333. The summed E-state index contributed by atoms with van der Waals surface area (Å²) >= 11 is 6.68. The van der Waals surface area contributed by atoms with E-state index in [1.54, 1.807) is 6.26 Å². The number of rotatable bonds is 4. The zero-order chi connectivity index (χ0) is 9.56. The molecule has 0 aromatic carbocycles. The van der Waals surface area contributed by atoms with Gasteiger partial charge in [0, 0.05) is 6.20 Å². The zero-order valence-corrected chi connectivity index (χ0v) is 8.13. The molecule has 0 aliphatic rings. The molecule has 0 radical (unpaired) electrons. The Bertz CT molecular complexity index is 217. The van der Waals surface area contributed by atoms with E-state index in [0.29, 0.717) is 5.75 Å². The van der Waals surface area contributed by atoms with Crippen molar-refractivity contribution in [2.75, 3.05) is 12.0 Å². The molecule has 0 aliphatic carbocycles. The van der Waals surface area contributed by atoms with Crippen LogP contribution in [0, 0.1) is 5.41 Å². The lowest BCUT2D eigenvalue weighted by molar-refractivity contribution is -0.117. The van der Waals surface area contributed by atoms with E-state index in [4.69, 9.17) is 22.7 Å². The molecule has 0 fully saturated rings. The lowest BCUT2D eigenvalue weighted by atomic mass is 10.5. The number of hydrogen-bond donors (Lipinski definition) is 3. The van der Waals surface area contributed by atoms with Gasteiger partial charge in [0.1, 0.15) is 5.17 Å². The van der Waals surface area contributed by atoms with Crippen molar-refractivity contribution < 1.29 is 4.79 Å². The second-order valence-corrected chi connectivity index (χ2v) is 3.12. The average molecular weight is 208 g/mol. The SMILES string of the molecule is CSCC(=O)N/C(=C/N)C(=N)Cl. The van der Waals surface area contributed by atoms with Crippen LogP contribution in [0.2, 0.25) is 0 Å². The van der Waals surface area contributed by atoms with Gasteiger partial charge in [-0.05, 0) is 6.26 Å². The summed E-state index contributed by atoms with van der Waals surface area (Å²) in [5.41, 5.74) is 5.24. The molecule has 0 spiro atoms. The largest absolute Gasteiger partial charge is 0.403 e. The summed E-state index contributed by atoms with van der Waals surface area (Å²) in [4.78, 5) is 10.9. The van der Waals surface area contributed by atoms with E-state index in [1.165, 1.54) is 11.8 Å². The minimum Gasteiger partial charge on any atom is -0.403 e. The summed E-state index contributed by atoms with van der Waals surface area (Å²) in [7, 11) is 0. The molecule has 12 heavy (non-hydrogen) atoms. The molecule has 0 rings (SSSR count). The van der Waals surface area contributed by atoms with Crippen LogP contribution in [0.1, 0.15) is 0 Å². The molecule has 0 aliphatic heterocycles. The topological polar surface area (TPSA) is 79.0 Å². The number of halogens is 1. The van der Waals surface area contributed by atoms with Gasteiger partial charge in [-0.25, -0.2) is 0 Å². The van der Waals surface area contributed by atoms with Gasteiger partial charge in [-0.1, -0.05) is 11.6 Å². The summed E-state index contributed by atoms with van der Waals surface area (Å²) < 4.78 is 0. The van der Waals surface area contributed by atoms with E-state index >= 15 is 0 Å². The maximum atomic E-state index is 10.9. The summed E-state index contributed by atoms with van der Waals surface area (Å²) in [6, 6.07) is 0. The minimum atomic E-state index is -0.271. The van der Waals surface area contributed by atoms with Crippen molar-refractivity contribution in [3.05, 3.63) is 11.9 Å². The number of carbonyl (C=O) groups excluding carboxylic acids is 1. The monoisotopic (exact) mass is 207 g/mol. The molecule has 0 aromatic heterocycles. The van der Waals surface area contributed by atoms with Crippen LogP contribution in [0.3, 0.4) is 0 Å². The normalized spacial score (nSPS) is 11.0. The molecule has 0 heterocycles. The smallest absolute Gasteiger partial charge is 0.234 e. The second-order valence-electron chi connectivity index (χ2n) is 1.88. The van der Waals surface area contributed by atoms with Crippen LogP contribution >= 0.6 is 23.4 Å². The van der Waals surface area contributed by atoms with Crippen LogP contribution in [-0.2, 0) is 4.79 Å². The molecular formula is C6H10ClN3OS. The molecule has 0 unspecified atom stereocenters. The third kappa shape index (κ3) is 4.25. The van der Waals surface area contributed by atoms with Crippen LogP contribution in [0.25, 0.3) is 0 Å². The highest BCUT2D eigenvalue weighted by atomic mass is 35.5. The van der Waals surface area contributed by atoms with Crippen LogP contribution < -0.4 is 11.1 Å². The van der Waals surface area contributed by atoms with Crippen molar-refractivity contribution >= 4 is 34.4 Å². The molecular weight excluding hydrogens is 198 g/mol. The highest BCUT2D eigenvalue weighted by molar-refractivity contribution is 7.99. The molecule has 0 aromatic rings. The molecule has 0 saturated heterocycles. The number of thioether (sulfide) groups is 1. The molecule has 0 saturated carbocycles. The first-order valence-electron chi connectivity index (χ1n) is 3.07. The van der Waals surface area contributed by atoms with Gasteiger partial charge in [0.05, 0.1) is 11.4 Å². The fourth-order valence-electron chi connectivity index (χ4n) is 0.487. The van der Waals surface area contributed by atoms with Crippen molar-refractivity contribution in [3.63, 3.8) is 0 Å². The summed E-state index contributed by atoms with van der Waals surface area (Å²) in [6.45, 7) is 0. The molecule has 68 valence electrons. The number of allylic oxidation sites excluding steroid dienone is 1. The Kier molecular flexibility index (Phi) is 5.57. The van der Waals surface area contributed by atoms with Crippen LogP contribution in [0.4, 0.5) is 0 Å². The van der Waals surface area contributed by atoms with E-state index in [9.17, 15) is 4.79 Å². The van der Waals surface area contributed by atoms with E-state index in [1.807, 2.05) is 0 Å². The first kappa shape index (κ1) is 11.3. The first-order chi connectivity index (χ1) is 5.61. The van der Waals surface area contributed by atoms with Crippen molar-refractivity contribution in [2.24, 2.45) is 5.73 Å². The highest BCUT2D eigenvalue weighted by Crippen LogP contribution is 1.96. The van der Waals surface area contributed by atoms with Gasteiger partial charge in [0.15, 0.2) is 0 Å². The highest BCUT2D eigenvalue weighted by Gasteiger charge is 2.05. The molecule has 0 bridgehead atoms. The molecule has 0 atom stereocenters. The van der Waals surface area contributed by atoms with Crippen molar-refractivity contribution in [3.8, 4) is 0 Å². The van der Waals surface area contributed by atoms with Crippen molar-refractivity contribution in [1.82, 2.24) is 5.32 Å². The van der Waals surface area contributed by atoms with Gasteiger partial charge < -0.3 is 11.1 Å². The van der Waals surface area contributed by atoms with Gasteiger partial charge in [0.25, 0.3) is 0 Å². The average Bonchev–Trinajstić information content (AvgIpc) is 2.00. The Morgan fingerprint density at radius 3 is 2.75 bits per heavy atom. The van der Waals surface area contributed by atoms with Crippen LogP contribution in [0.5, 0.6) is 0 Å². The Morgan fingerprint density at radius 2 is 2.42 bits per heavy atom. The Balaban J connectivity index is 4.05. The molecule has 1 amide bonds. The van der Waals surface area contributed by atoms with Crippen LogP contribution in [0.15, 0.2) is 11.9 Å². The predicted molar refractivity (Wildman–Crippen MR) is 52.4 cm³/mol. The minimum absolute atomic E-state index is 0.135. The summed E-state index contributed by atoms with van der Waals surface area (Å²) in [5, 5.41) is 9.09. The number of nitrogens with one attached hydrogen (secondary N) is 2.